The van der Waals surface area contributed by atoms with Crippen LogP contribution in [0, 0.1) is 22.0 Å². The van der Waals surface area contributed by atoms with Crippen molar-refractivity contribution < 1.29 is 9.72 Å². The maximum Gasteiger partial charge on any atom is 0.282 e. The average Bonchev–Trinajstić information content (AvgIpc) is 2.89. The van der Waals surface area contributed by atoms with Gasteiger partial charge in [-0.2, -0.15) is 0 Å². The summed E-state index contributed by atoms with van der Waals surface area (Å²) >= 11 is 0. The molecule has 1 aliphatic carbocycles. The molecule has 0 radical (unpaired) electrons. The van der Waals surface area contributed by atoms with Crippen LogP contribution in [0.25, 0.3) is 0 Å². The third kappa shape index (κ3) is 3.49. The Morgan fingerprint density at radius 2 is 2.24 bits per heavy atom. The van der Waals surface area contributed by atoms with Gasteiger partial charge in [0.1, 0.15) is 5.56 Å². The monoisotopic (exact) mass is 292 g/mol. The Hall–Kier alpha value is -2.15. The van der Waals surface area contributed by atoms with Crippen molar-refractivity contribution in [3.8, 4) is 0 Å². The molecule has 1 aromatic rings. The summed E-state index contributed by atoms with van der Waals surface area (Å²) in [7, 11) is 0. The number of benzene rings is 1. The van der Waals surface area contributed by atoms with E-state index in [4.69, 9.17) is 5.84 Å². The molecular weight excluding hydrogens is 272 g/mol. The maximum atomic E-state index is 12.2. The molecule has 1 saturated carbocycles. The first kappa shape index (κ1) is 15.2. The van der Waals surface area contributed by atoms with Crippen LogP contribution in [-0.4, -0.2) is 17.4 Å². The Labute approximate surface area is 123 Å². The summed E-state index contributed by atoms with van der Waals surface area (Å²) in [6, 6.07) is 4.14. The molecule has 1 aromatic carbocycles. The van der Waals surface area contributed by atoms with E-state index in [0.29, 0.717) is 24.1 Å². The molecule has 0 aromatic heterocycles. The molecule has 0 spiro atoms. The van der Waals surface area contributed by atoms with Gasteiger partial charge in [-0.25, -0.2) is 0 Å². The van der Waals surface area contributed by atoms with Crippen LogP contribution in [0.3, 0.4) is 0 Å². The van der Waals surface area contributed by atoms with Gasteiger partial charge in [0.15, 0.2) is 0 Å². The third-order valence-corrected chi connectivity index (χ3v) is 4.17. The summed E-state index contributed by atoms with van der Waals surface area (Å²) in [5, 5.41) is 13.8. The quantitative estimate of drug-likeness (QED) is 0.437. The van der Waals surface area contributed by atoms with Gasteiger partial charge in [-0.15, -0.1) is 0 Å². The van der Waals surface area contributed by atoms with E-state index in [1.165, 1.54) is 31.0 Å². The third-order valence-electron chi connectivity index (χ3n) is 4.17. The lowest BCUT2D eigenvalue weighted by Gasteiger charge is -2.16. The van der Waals surface area contributed by atoms with E-state index in [1.54, 1.807) is 0 Å². The van der Waals surface area contributed by atoms with Gasteiger partial charge in [-0.1, -0.05) is 19.8 Å². The summed E-state index contributed by atoms with van der Waals surface area (Å²) in [4.78, 5) is 22.7. The van der Waals surface area contributed by atoms with Crippen LogP contribution < -0.4 is 16.6 Å². The predicted octanol–water partition coefficient (Wildman–Crippen LogP) is 2.05. The van der Waals surface area contributed by atoms with E-state index in [9.17, 15) is 14.9 Å². The summed E-state index contributed by atoms with van der Waals surface area (Å²) in [6.45, 7) is 2.72. The summed E-state index contributed by atoms with van der Waals surface area (Å²) < 4.78 is 0. The van der Waals surface area contributed by atoms with Gasteiger partial charge in [0.05, 0.1) is 4.92 Å². The van der Waals surface area contributed by atoms with Crippen molar-refractivity contribution in [3.05, 3.63) is 33.9 Å². The fourth-order valence-corrected chi connectivity index (χ4v) is 2.81. The first-order valence-corrected chi connectivity index (χ1v) is 7.06. The van der Waals surface area contributed by atoms with Gasteiger partial charge >= 0.3 is 0 Å². The van der Waals surface area contributed by atoms with Crippen molar-refractivity contribution in [1.82, 2.24) is 5.32 Å². The number of nitrogens with one attached hydrogen (secondary N) is 2. The van der Waals surface area contributed by atoms with Gasteiger partial charge in [0.2, 0.25) is 0 Å². The summed E-state index contributed by atoms with van der Waals surface area (Å²) in [5.41, 5.74) is 2.66. The van der Waals surface area contributed by atoms with Crippen molar-refractivity contribution in [2.24, 2.45) is 17.7 Å². The number of nitro groups is 1. The highest BCUT2D eigenvalue weighted by Crippen LogP contribution is 2.30. The normalized spacial score (nSPS) is 21.0. The molecule has 21 heavy (non-hydrogen) atoms. The second-order valence-electron chi connectivity index (χ2n) is 5.51. The molecule has 0 aliphatic heterocycles. The average molecular weight is 292 g/mol. The zero-order chi connectivity index (χ0) is 15.4. The van der Waals surface area contributed by atoms with Crippen molar-refractivity contribution in [2.75, 3.05) is 12.0 Å². The Morgan fingerprint density at radius 3 is 2.81 bits per heavy atom. The van der Waals surface area contributed by atoms with E-state index in [-0.39, 0.29) is 11.3 Å². The fourth-order valence-electron chi connectivity index (χ4n) is 2.81. The molecule has 1 fully saturated rings. The molecule has 2 atom stereocenters. The molecule has 1 aliphatic rings. The van der Waals surface area contributed by atoms with E-state index in [0.717, 1.165) is 6.42 Å². The van der Waals surface area contributed by atoms with Crippen LogP contribution in [-0.2, 0) is 0 Å². The molecular formula is C14H20N4O3. The topological polar surface area (TPSA) is 110 Å². The molecule has 7 heteroatoms. The minimum absolute atomic E-state index is 0.0288. The van der Waals surface area contributed by atoms with Crippen molar-refractivity contribution in [3.63, 3.8) is 0 Å². The molecule has 0 heterocycles. The van der Waals surface area contributed by atoms with Crippen LogP contribution >= 0.6 is 0 Å². The zero-order valence-corrected chi connectivity index (χ0v) is 12.0. The minimum Gasteiger partial charge on any atom is -0.352 e. The van der Waals surface area contributed by atoms with Gasteiger partial charge in [0, 0.05) is 18.3 Å². The molecule has 7 nitrogen and oxygen atoms in total. The van der Waals surface area contributed by atoms with Gasteiger partial charge in [-0.3, -0.25) is 20.8 Å². The standard InChI is InChI=1S/C14H20N4O3/c1-9-3-2-4-10(9)8-16-14(19)12-7-11(17-15)5-6-13(12)18(20)21/h5-7,9-10,17H,2-4,8,15H2,1H3,(H,16,19). The summed E-state index contributed by atoms with van der Waals surface area (Å²) in [6.07, 6.45) is 3.44. The van der Waals surface area contributed by atoms with Crippen LogP contribution in [0.4, 0.5) is 11.4 Å². The second kappa shape index (κ2) is 6.53. The first-order valence-electron chi connectivity index (χ1n) is 7.06. The van der Waals surface area contributed by atoms with Gasteiger partial charge in [-0.05, 0) is 30.4 Å². The molecule has 0 saturated heterocycles. The number of hydrogen-bond acceptors (Lipinski definition) is 5. The molecule has 1 amide bonds. The maximum absolute atomic E-state index is 12.2. The molecule has 4 N–H and O–H groups in total. The predicted molar refractivity (Wildman–Crippen MR) is 79.7 cm³/mol. The van der Waals surface area contributed by atoms with Gasteiger partial charge in [0.25, 0.3) is 11.6 Å². The SMILES string of the molecule is CC1CCCC1CNC(=O)c1cc(NN)ccc1[N+](=O)[O-]. The Kier molecular flexibility index (Phi) is 4.74. The van der Waals surface area contributed by atoms with Crippen LogP contribution in [0.5, 0.6) is 0 Å². The molecule has 2 rings (SSSR count). The number of nitrogens with zero attached hydrogens (tertiary/aromatic N) is 1. The lowest BCUT2D eigenvalue weighted by molar-refractivity contribution is -0.385. The number of carbonyl (C=O) groups is 1. The Balaban J connectivity index is 2.11. The number of nitro benzene ring substituents is 1. The first-order chi connectivity index (χ1) is 10.0. The molecule has 0 bridgehead atoms. The number of hydrazine groups is 1. The van der Waals surface area contributed by atoms with Crippen molar-refractivity contribution in [1.29, 1.82) is 0 Å². The lowest BCUT2D eigenvalue weighted by atomic mass is 9.98. The molecule has 2 unspecified atom stereocenters. The van der Waals surface area contributed by atoms with Gasteiger partial charge < -0.3 is 10.7 Å². The van der Waals surface area contributed by atoms with Crippen molar-refractivity contribution >= 4 is 17.3 Å². The number of rotatable bonds is 5. The highest BCUT2D eigenvalue weighted by atomic mass is 16.6. The highest BCUT2D eigenvalue weighted by molar-refractivity contribution is 5.99. The minimum atomic E-state index is -0.562. The van der Waals surface area contributed by atoms with Crippen LogP contribution in [0.15, 0.2) is 18.2 Å². The van der Waals surface area contributed by atoms with Crippen LogP contribution in [0.1, 0.15) is 36.5 Å². The highest BCUT2D eigenvalue weighted by Gasteiger charge is 2.25. The smallest absolute Gasteiger partial charge is 0.282 e. The number of amides is 1. The number of nitrogen functional groups attached to an aromatic ring is 1. The largest absolute Gasteiger partial charge is 0.352 e. The molecule has 114 valence electrons. The number of carbonyl (C=O) groups excluding carboxylic acids is 1. The number of hydrogen-bond donors (Lipinski definition) is 3. The zero-order valence-electron chi connectivity index (χ0n) is 12.0. The Bertz CT molecular complexity index is 547. The van der Waals surface area contributed by atoms with E-state index >= 15 is 0 Å². The van der Waals surface area contributed by atoms with E-state index in [1.807, 2.05) is 0 Å². The second-order valence-corrected chi connectivity index (χ2v) is 5.51. The Morgan fingerprint density at radius 1 is 1.48 bits per heavy atom. The van der Waals surface area contributed by atoms with Crippen molar-refractivity contribution in [2.45, 2.75) is 26.2 Å². The fraction of sp³-hybridized carbons (Fsp3) is 0.500. The summed E-state index contributed by atoms with van der Waals surface area (Å²) in [5.74, 6) is 5.88. The van der Waals surface area contributed by atoms with E-state index in [2.05, 4.69) is 17.7 Å². The number of nitrogens with two attached hydrogens (primary N) is 1. The van der Waals surface area contributed by atoms with Crippen LogP contribution in [0.2, 0.25) is 0 Å². The number of anilines is 1. The lowest BCUT2D eigenvalue weighted by Crippen LogP contribution is -2.30. The van der Waals surface area contributed by atoms with E-state index < -0.39 is 10.8 Å².